The molecule has 1 fully saturated rings. The summed E-state index contributed by atoms with van der Waals surface area (Å²) in [6.45, 7) is 1.48. The molecule has 11 heteroatoms. The van der Waals surface area contributed by atoms with E-state index in [1.165, 1.54) is 41.8 Å². The van der Waals surface area contributed by atoms with Crippen LogP contribution >= 0.6 is 22.9 Å². The molecule has 0 bridgehead atoms. The largest absolute Gasteiger partial charge is 0.491 e. The minimum atomic E-state index is -3.77. The number of nitrogens with zero attached hydrogens (tertiary/aromatic N) is 2. The Morgan fingerprint density at radius 2 is 2.09 bits per heavy atom. The summed E-state index contributed by atoms with van der Waals surface area (Å²) < 4.78 is 38.8. The average molecular weight is 494 g/mol. The molecule has 8 nitrogen and oxygen atoms in total. The molecule has 1 aromatic heterocycles. The summed E-state index contributed by atoms with van der Waals surface area (Å²) >= 11 is 7.15. The first-order valence-corrected chi connectivity index (χ1v) is 12.5. The lowest BCUT2D eigenvalue weighted by Gasteiger charge is -2.33. The van der Waals surface area contributed by atoms with Crippen LogP contribution in [-0.4, -0.2) is 56.6 Å². The molecular formula is C21H20ClN3O5S2. The normalized spacial score (nSPS) is 16.5. The SMILES string of the molecule is O=C(c1ccc(S(=O)(=O)Nc2nccs2)cc1)N1CCOC(COc2cccc(Cl)c2)C1. The standard InChI is InChI=1S/C21H20ClN3O5S2/c22-16-2-1-3-17(12-16)30-14-18-13-25(9-10-29-18)20(26)15-4-6-19(7-5-15)32(27,28)24-21-23-8-11-31-21/h1-8,11-12,18H,9-10,13-14H2,(H,23,24). The number of thiazole rings is 1. The molecule has 2 heterocycles. The lowest BCUT2D eigenvalue weighted by Crippen LogP contribution is -2.47. The van der Waals surface area contributed by atoms with Crippen molar-refractivity contribution in [3.8, 4) is 5.75 Å². The quantitative estimate of drug-likeness (QED) is 0.541. The van der Waals surface area contributed by atoms with Crippen LogP contribution in [-0.2, 0) is 14.8 Å². The number of hydrogen-bond donors (Lipinski definition) is 1. The molecule has 2 aromatic carbocycles. The van der Waals surface area contributed by atoms with E-state index in [2.05, 4.69) is 9.71 Å². The summed E-state index contributed by atoms with van der Waals surface area (Å²) in [6, 6.07) is 12.9. The number of carbonyl (C=O) groups is 1. The number of anilines is 1. The number of benzene rings is 2. The number of carbonyl (C=O) groups excluding carboxylic acids is 1. The van der Waals surface area contributed by atoms with Gasteiger partial charge in [-0.05, 0) is 42.5 Å². The van der Waals surface area contributed by atoms with Crippen molar-refractivity contribution in [2.75, 3.05) is 31.0 Å². The molecule has 32 heavy (non-hydrogen) atoms. The maximum Gasteiger partial charge on any atom is 0.263 e. The molecule has 168 valence electrons. The van der Waals surface area contributed by atoms with Crippen molar-refractivity contribution in [1.82, 2.24) is 9.88 Å². The molecule has 3 aromatic rings. The van der Waals surface area contributed by atoms with Gasteiger partial charge >= 0.3 is 0 Å². The molecule has 1 unspecified atom stereocenters. The second-order valence-electron chi connectivity index (χ2n) is 6.98. The summed E-state index contributed by atoms with van der Waals surface area (Å²) in [6.07, 6.45) is 1.23. The first-order valence-electron chi connectivity index (χ1n) is 9.72. The highest BCUT2D eigenvalue weighted by Gasteiger charge is 2.26. The van der Waals surface area contributed by atoms with Gasteiger partial charge in [0.05, 0.1) is 18.0 Å². The van der Waals surface area contributed by atoms with Crippen LogP contribution in [0.1, 0.15) is 10.4 Å². The highest BCUT2D eigenvalue weighted by atomic mass is 35.5. The minimum Gasteiger partial charge on any atom is -0.491 e. The Hall–Kier alpha value is -2.66. The number of aromatic nitrogens is 1. The zero-order valence-corrected chi connectivity index (χ0v) is 19.2. The van der Waals surface area contributed by atoms with Gasteiger partial charge in [0.1, 0.15) is 18.5 Å². The fourth-order valence-corrected chi connectivity index (χ4v) is 5.13. The summed E-state index contributed by atoms with van der Waals surface area (Å²) in [7, 11) is -3.77. The molecular weight excluding hydrogens is 474 g/mol. The number of nitrogens with one attached hydrogen (secondary N) is 1. The molecule has 4 rings (SSSR count). The third-order valence-electron chi connectivity index (χ3n) is 4.72. The Kier molecular flexibility index (Phi) is 6.95. The molecule has 0 spiro atoms. The molecule has 0 aliphatic carbocycles. The van der Waals surface area contributed by atoms with Crippen molar-refractivity contribution in [2.24, 2.45) is 0 Å². The Balaban J connectivity index is 1.37. The van der Waals surface area contributed by atoms with Crippen molar-refractivity contribution in [2.45, 2.75) is 11.0 Å². The van der Waals surface area contributed by atoms with Crippen LogP contribution in [0.3, 0.4) is 0 Å². The van der Waals surface area contributed by atoms with Crippen LogP contribution in [0, 0.1) is 0 Å². The van der Waals surface area contributed by atoms with Crippen molar-refractivity contribution >= 4 is 44.0 Å². The molecule has 1 amide bonds. The smallest absolute Gasteiger partial charge is 0.263 e. The summed E-state index contributed by atoms with van der Waals surface area (Å²) in [5, 5.41) is 2.54. The third kappa shape index (κ3) is 5.57. The van der Waals surface area contributed by atoms with E-state index in [0.29, 0.717) is 36.0 Å². The topological polar surface area (TPSA) is 97.8 Å². The van der Waals surface area contributed by atoms with E-state index in [9.17, 15) is 13.2 Å². The molecule has 1 N–H and O–H groups in total. The Bertz CT molecular complexity index is 1170. The maximum atomic E-state index is 12.9. The van der Waals surface area contributed by atoms with Crippen molar-refractivity contribution in [3.05, 3.63) is 70.7 Å². The Labute approximate surface area is 194 Å². The van der Waals surface area contributed by atoms with Gasteiger partial charge in [-0.1, -0.05) is 17.7 Å². The number of hydrogen-bond acceptors (Lipinski definition) is 7. The third-order valence-corrected chi connectivity index (χ3v) is 7.13. The fraction of sp³-hybridized carbons (Fsp3) is 0.238. The average Bonchev–Trinajstić information content (AvgIpc) is 3.30. The zero-order valence-electron chi connectivity index (χ0n) is 16.8. The van der Waals surface area contributed by atoms with E-state index in [1.807, 2.05) is 0 Å². The number of amides is 1. The molecule has 1 saturated heterocycles. The number of ether oxygens (including phenoxy) is 2. The van der Waals surface area contributed by atoms with Gasteiger partial charge < -0.3 is 14.4 Å². The predicted molar refractivity (Wildman–Crippen MR) is 122 cm³/mol. The fourth-order valence-electron chi connectivity index (χ4n) is 3.16. The van der Waals surface area contributed by atoms with Crippen molar-refractivity contribution < 1.29 is 22.7 Å². The van der Waals surface area contributed by atoms with E-state index in [0.717, 1.165) is 0 Å². The van der Waals surface area contributed by atoms with E-state index < -0.39 is 10.0 Å². The maximum absolute atomic E-state index is 12.9. The number of halogens is 1. The molecule has 0 saturated carbocycles. The van der Waals surface area contributed by atoms with Gasteiger partial charge in [-0.3, -0.25) is 9.52 Å². The Morgan fingerprint density at radius 3 is 2.81 bits per heavy atom. The highest BCUT2D eigenvalue weighted by Crippen LogP contribution is 2.20. The van der Waals surface area contributed by atoms with Crippen LogP contribution in [0.15, 0.2) is 65.0 Å². The van der Waals surface area contributed by atoms with E-state index in [4.69, 9.17) is 21.1 Å². The van der Waals surface area contributed by atoms with Gasteiger partial charge in [-0.15, -0.1) is 11.3 Å². The van der Waals surface area contributed by atoms with Crippen LogP contribution in [0.4, 0.5) is 5.13 Å². The highest BCUT2D eigenvalue weighted by molar-refractivity contribution is 7.93. The summed E-state index contributed by atoms with van der Waals surface area (Å²) in [5.74, 6) is 0.436. The van der Waals surface area contributed by atoms with E-state index >= 15 is 0 Å². The van der Waals surface area contributed by atoms with Crippen molar-refractivity contribution in [1.29, 1.82) is 0 Å². The van der Waals surface area contributed by atoms with Crippen LogP contribution < -0.4 is 9.46 Å². The number of rotatable bonds is 7. The van der Waals surface area contributed by atoms with Crippen LogP contribution in [0.5, 0.6) is 5.75 Å². The van der Waals surface area contributed by atoms with Crippen LogP contribution in [0.2, 0.25) is 5.02 Å². The lowest BCUT2D eigenvalue weighted by atomic mass is 10.1. The van der Waals surface area contributed by atoms with E-state index in [-0.39, 0.29) is 28.6 Å². The van der Waals surface area contributed by atoms with Gasteiger partial charge in [-0.25, -0.2) is 13.4 Å². The first-order chi connectivity index (χ1) is 15.4. The molecule has 1 atom stereocenters. The monoisotopic (exact) mass is 493 g/mol. The number of sulfonamides is 1. The zero-order chi connectivity index (χ0) is 22.6. The van der Waals surface area contributed by atoms with Gasteiger partial charge in [0.25, 0.3) is 15.9 Å². The second kappa shape index (κ2) is 9.86. The molecule has 0 radical (unpaired) electrons. The van der Waals surface area contributed by atoms with Gasteiger partial charge in [0.2, 0.25) is 0 Å². The second-order valence-corrected chi connectivity index (χ2v) is 9.99. The van der Waals surface area contributed by atoms with Gasteiger partial charge in [0, 0.05) is 28.7 Å². The first kappa shape index (κ1) is 22.5. The predicted octanol–water partition coefficient (Wildman–Crippen LogP) is 3.52. The van der Waals surface area contributed by atoms with Gasteiger partial charge in [-0.2, -0.15) is 0 Å². The lowest BCUT2D eigenvalue weighted by molar-refractivity contribution is -0.0401. The Morgan fingerprint density at radius 1 is 1.28 bits per heavy atom. The van der Waals surface area contributed by atoms with Crippen LogP contribution in [0.25, 0.3) is 0 Å². The molecule has 1 aliphatic rings. The minimum absolute atomic E-state index is 0.0547. The van der Waals surface area contributed by atoms with Crippen molar-refractivity contribution in [3.63, 3.8) is 0 Å². The summed E-state index contributed by atoms with van der Waals surface area (Å²) in [5.41, 5.74) is 0.398. The van der Waals surface area contributed by atoms with Gasteiger partial charge in [0.15, 0.2) is 5.13 Å². The summed E-state index contributed by atoms with van der Waals surface area (Å²) in [4.78, 5) is 18.6. The number of morpholine rings is 1. The van der Waals surface area contributed by atoms with E-state index in [1.54, 1.807) is 34.5 Å². The molecule has 1 aliphatic heterocycles.